The molecule has 5 nitrogen and oxygen atoms in total. The molecule has 1 rings (SSSR count). The molecule has 0 aliphatic rings. The van der Waals surface area contributed by atoms with Gasteiger partial charge in [0.1, 0.15) is 11.1 Å². The zero-order valence-electron chi connectivity index (χ0n) is 8.40. The van der Waals surface area contributed by atoms with Crippen molar-refractivity contribution in [1.29, 1.82) is 0 Å². The normalized spacial score (nSPS) is 12.5. The Balaban J connectivity index is 2.48. The van der Waals surface area contributed by atoms with E-state index in [1.54, 1.807) is 13.8 Å². The quantitative estimate of drug-likeness (QED) is 0.603. The van der Waals surface area contributed by atoms with Gasteiger partial charge in [-0.25, -0.2) is 4.98 Å². The Morgan fingerprint density at radius 3 is 2.93 bits per heavy atom. The Kier molecular flexibility index (Phi) is 3.94. The molecule has 14 heavy (non-hydrogen) atoms. The number of nitrogens with one attached hydrogen (secondary N) is 1. The van der Waals surface area contributed by atoms with Gasteiger partial charge in [-0.3, -0.25) is 9.89 Å². The van der Waals surface area contributed by atoms with E-state index in [4.69, 9.17) is 4.74 Å². The van der Waals surface area contributed by atoms with Crippen molar-refractivity contribution in [2.75, 3.05) is 6.61 Å². The van der Waals surface area contributed by atoms with Gasteiger partial charge in [-0.2, -0.15) is 0 Å². The fraction of sp³-hybridized carbons (Fsp3) is 0.625. The van der Waals surface area contributed by atoms with E-state index in [1.165, 1.54) is 11.8 Å². The summed E-state index contributed by atoms with van der Waals surface area (Å²) in [4.78, 5) is 15.3. The molecule has 0 fully saturated rings. The van der Waals surface area contributed by atoms with E-state index >= 15 is 0 Å². The van der Waals surface area contributed by atoms with Crippen molar-refractivity contribution in [3.05, 3.63) is 5.82 Å². The number of nitrogens with zero attached hydrogens (tertiary/aromatic N) is 2. The van der Waals surface area contributed by atoms with Gasteiger partial charge in [-0.15, -0.1) is 5.10 Å². The lowest BCUT2D eigenvalue weighted by molar-refractivity contribution is -0.142. The van der Waals surface area contributed by atoms with Crippen molar-refractivity contribution < 1.29 is 9.53 Å². The maximum absolute atomic E-state index is 11.2. The van der Waals surface area contributed by atoms with Crippen LogP contribution in [0.3, 0.4) is 0 Å². The van der Waals surface area contributed by atoms with Gasteiger partial charge in [0.25, 0.3) is 0 Å². The number of hydrogen-bond donors (Lipinski definition) is 1. The molecule has 0 unspecified atom stereocenters. The van der Waals surface area contributed by atoms with Crippen LogP contribution in [0.1, 0.15) is 19.7 Å². The molecular formula is C8H13N3O2S. The Morgan fingerprint density at radius 2 is 2.43 bits per heavy atom. The first-order valence-corrected chi connectivity index (χ1v) is 5.23. The van der Waals surface area contributed by atoms with Gasteiger partial charge in [0, 0.05) is 0 Å². The van der Waals surface area contributed by atoms with E-state index < -0.39 is 0 Å². The third-order valence-corrected chi connectivity index (χ3v) is 2.42. The van der Waals surface area contributed by atoms with Crippen LogP contribution in [-0.2, 0) is 9.53 Å². The maximum Gasteiger partial charge on any atom is 0.319 e. The number of esters is 1. The fourth-order valence-electron chi connectivity index (χ4n) is 0.841. The molecular weight excluding hydrogens is 202 g/mol. The Hall–Kier alpha value is -1.04. The molecule has 1 aromatic rings. The van der Waals surface area contributed by atoms with Crippen molar-refractivity contribution in [2.24, 2.45) is 0 Å². The molecule has 0 bridgehead atoms. The topological polar surface area (TPSA) is 67.9 Å². The zero-order chi connectivity index (χ0) is 10.6. The van der Waals surface area contributed by atoms with Crippen LogP contribution in [0, 0.1) is 6.92 Å². The van der Waals surface area contributed by atoms with Crippen molar-refractivity contribution in [2.45, 2.75) is 31.2 Å². The minimum atomic E-state index is -0.273. The van der Waals surface area contributed by atoms with Gasteiger partial charge in [-0.1, -0.05) is 11.8 Å². The van der Waals surface area contributed by atoms with Crippen LogP contribution < -0.4 is 0 Å². The lowest BCUT2D eigenvalue weighted by atomic mass is 10.5. The van der Waals surface area contributed by atoms with E-state index in [1.807, 2.05) is 6.92 Å². The van der Waals surface area contributed by atoms with E-state index in [9.17, 15) is 4.79 Å². The molecule has 1 heterocycles. The van der Waals surface area contributed by atoms with Crippen LogP contribution in [-0.4, -0.2) is 33.0 Å². The van der Waals surface area contributed by atoms with Crippen LogP contribution in [0.5, 0.6) is 0 Å². The SMILES string of the molecule is CCOC(=O)[C@@H](C)Sc1n[nH]c(C)n1. The van der Waals surface area contributed by atoms with Crippen LogP contribution in [0.4, 0.5) is 0 Å². The van der Waals surface area contributed by atoms with Gasteiger partial charge in [0.05, 0.1) is 6.61 Å². The molecule has 0 amide bonds. The highest BCUT2D eigenvalue weighted by atomic mass is 32.2. The average Bonchev–Trinajstić information content (AvgIpc) is 2.51. The first kappa shape index (κ1) is 11.0. The summed E-state index contributed by atoms with van der Waals surface area (Å²) < 4.78 is 4.86. The summed E-state index contributed by atoms with van der Waals surface area (Å²) in [6.45, 7) is 5.77. The van der Waals surface area contributed by atoms with Crippen LogP contribution in [0.2, 0.25) is 0 Å². The van der Waals surface area contributed by atoms with E-state index in [-0.39, 0.29) is 11.2 Å². The Labute approximate surface area is 86.6 Å². The summed E-state index contributed by atoms with van der Waals surface area (Å²) in [5.74, 6) is 0.503. The van der Waals surface area contributed by atoms with Gasteiger partial charge in [0.2, 0.25) is 5.16 Å². The second-order valence-corrected chi connectivity index (χ2v) is 4.02. The minimum absolute atomic E-state index is 0.236. The second kappa shape index (κ2) is 4.99. The minimum Gasteiger partial charge on any atom is -0.465 e. The van der Waals surface area contributed by atoms with Crippen molar-refractivity contribution >= 4 is 17.7 Å². The first-order chi connectivity index (χ1) is 6.63. The number of ether oxygens (including phenoxy) is 1. The number of thioether (sulfide) groups is 1. The largest absolute Gasteiger partial charge is 0.465 e. The first-order valence-electron chi connectivity index (χ1n) is 4.35. The lowest BCUT2D eigenvalue weighted by Gasteiger charge is -2.06. The highest BCUT2D eigenvalue weighted by Crippen LogP contribution is 2.19. The van der Waals surface area contributed by atoms with Crippen molar-refractivity contribution in [3.8, 4) is 0 Å². The standard InChI is InChI=1S/C8H13N3O2S/c1-4-13-7(12)5(2)14-8-9-6(3)10-11-8/h5H,4H2,1-3H3,(H,9,10,11)/t5-/m1/s1. The maximum atomic E-state index is 11.2. The molecule has 0 aromatic carbocycles. The molecule has 6 heteroatoms. The van der Waals surface area contributed by atoms with Crippen LogP contribution >= 0.6 is 11.8 Å². The number of aryl methyl sites for hydroxylation is 1. The van der Waals surface area contributed by atoms with Gasteiger partial charge in [-0.05, 0) is 20.8 Å². The lowest BCUT2D eigenvalue weighted by Crippen LogP contribution is -2.16. The Morgan fingerprint density at radius 1 is 1.71 bits per heavy atom. The molecule has 1 atom stereocenters. The number of aromatic amines is 1. The molecule has 0 aliphatic heterocycles. The monoisotopic (exact) mass is 215 g/mol. The summed E-state index contributed by atoms with van der Waals surface area (Å²) >= 11 is 1.28. The molecule has 0 spiro atoms. The van der Waals surface area contributed by atoms with Gasteiger partial charge in [0.15, 0.2) is 0 Å². The van der Waals surface area contributed by atoms with Gasteiger partial charge < -0.3 is 4.74 Å². The summed E-state index contributed by atoms with van der Waals surface area (Å²) in [6.07, 6.45) is 0. The summed E-state index contributed by atoms with van der Waals surface area (Å²) in [5.41, 5.74) is 0. The third-order valence-electron chi connectivity index (χ3n) is 1.48. The predicted molar refractivity (Wildman–Crippen MR) is 53.1 cm³/mol. The summed E-state index contributed by atoms with van der Waals surface area (Å²) in [5, 5.41) is 6.93. The van der Waals surface area contributed by atoms with E-state index in [0.29, 0.717) is 11.8 Å². The summed E-state index contributed by atoms with van der Waals surface area (Å²) in [6, 6.07) is 0. The smallest absolute Gasteiger partial charge is 0.319 e. The average molecular weight is 215 g/mol. The molecule has 78 valence electrons. The summed E-state index contributed by atoms with van der Waals surface area (Å²) in [7, 11) is 0. The second-order valence-electron chi connectivity index (χ2n) is 2.72. The van der Waals surface area contributed by atoms with Crippen molar-refractivity contribution in [3.63, 3.8) is 0 Å². The number of H-pyrrole nitrogens is 1. The highest BCUT2D eigenvalue weighted by molar-refractivity contribution is 8.00. The number of rotatable bonds is 4. The van der Waals surface area contributed by atoms with E-state index in [2.05, 4.69) is 15.2 Å². The number of aromatic nitrogens is 3. The molecule has 0 aliphatic carbocycles. The third kappa shape index (κ3) is 3.02. The number of hydrogen-bond acceptors (Lipinski definition) is 5. The Bertz CT molecular complexity index is 313. The van der Waals surface area contributed by atoms with Crippen LogP contribution in [0.25, 0.3) is 0 Å². The van der Waals surface area contributed by atoms with Crippen molar-refractivity contribution in [1.82, 2.24) is 15.2 Å². The van der Waals surface area contributed by atoms with E-state index in [0.717, 1.165) is 5.82 Å². The fourth-order valence-corrected chi connectivity index (χ4v) is 1.61. The van der Waals surface area contributed by atoms with Gasteiger partial charge >= 0.3 is 5.97 Å². The molecule has 0 saturated carbocycles. The highest BCUT2D eigenvalue weighted by Gasteiger charge is 2.17. The molecule has 1 N–H and O–H groups in total. The zero-order valence-corrected chi connectivity index (χ0v) is 9.22. The molecule has 1 aromatic heterocycles. The predicted octanol–water partition coefficient (Wildman–Crippen LogP) is 1.16. The molecule has 0 radical (unpaired) electrons. The molecule has 0 saturated heterocycles. The number of carbonyl (C=O) groups is 1. The number of carbonyl (C=O) groups excluding carboxylic acids is 1. The van der Waals surface area contributed by atoms with Crippen LogP contribution in [0.15, 0.2) is 5.16 Å².